The van der Waals surface area contributed by atoms with Crippen molar-refractivity contribution >= 4 is 39.3 Å². The monoisotopic (exact) mass is 431 g/mol. The van der Waals surface area contributed by atoms with Crippen LogP contribution in [0, 0.1) is 11.8 Å². The summed E-state index contributed by atoms with van der Waals surface area (Å²) in [5.41, 5.74) is 0.528. The van der Waals surface area contributed by atoms with Crippen molar-refractivity contribution < 1.29 is 14.4 Å². The Bertz CT molecular complexity index is 872. The van der Waals surface area contributed by atoms with Gasteiger partial charge >= 0.3 is 0 Å². The van der Waals surface area contributed by atoms with Crippen LogP contribution in [0.3, 0.4) is 0 Å². The summed E-state index contributed by atoms with van der Waals surface area (Å²) in [6, 6.07) is 5.67. The smallest absolute Gasteiger partial charge is 0.250 e. The number of fused-ring (bicyclic) bond motifs is 7. The summed E-state index contributed by atoms with van der Waals surface area (Å²) in [6.45, 7) is 3.24. The van der Waals surface area contributed by atoms with Gasteiger partial charge in [-0.3, -0.25) is 24.2 Å². The molecule has 4 heterocycles. The van der Waals surface area contributed by atoms with Crippen LogP contribution < -0.4 is 5.32 Å². The fourth-order valence-corrected chi connectivity index (χ4v) is 6.13. The molecule has 7 heteroatoms. The Balaban J connectivity index is 1.69. The summed E-state index contributed by atoms with van der Waals surface area (Å²) in [7, 11) is 0. The van der Waals surface area contributed by atoms with E-state index in [2.05, 4.69) is 26.1 Å². The van der Waals surface area contributed by atoms with Crippen molar-refractivity contribution in [1.82, 2.24) is 9.80 Å². The van der Waals surface area contributed by atoms with Crippen LogP contribution in [0.4, 0.5) is 5.69 Å². The number of anilines is 1. The second-order valence-electron chi connectivity index (χ2n) is 8.00. The zero-order valence-corrected chi connectivity index (χ0v) is 16.8. The summed E-state index contributed by atoms with van der Waals surface area (Å²) in [5, 5.41) is 2.99. The van der Waals surface area contributed by atoms with Crippen molar-refractivity contribution in [3.63, 3.8) is 0 Å². The van der Waals surface area contributed by atoms with Gasteiger partial charge in [-0.15, -0.1) is 0 Å². The van der Waals surface area contributed by atoms with Crippen LogP contribution in [0.25, 0.3) is 0 Å². The van der Waals surface area contributed by atoms with Crippen LogP contribution in [0.1, 0.15) is 38.2 Å². The van der Waals surface area contributed by atoms with Crippen LogP contribution in [-0.4, -0.2) is 46.7 Å². The molecule has 0 saturated carbocycles. The molecule has 1 aromatic rings. The van der Waals surface area contributed by atoms with Crippen LogP contribution in [-0.2, 0) is 19.9 Å². The van der Waals surface area contributed by atoms with E-state index in [0.717, 1.165) is 48.0 Å². The lowest BCUT2D eigenvalue weighted by Gasteiger charge is -2.36. The molecular formula is C20H22BrN3O3. The molecule has 142 valence electrons. The Morgan fingerprint density at radius 2 is 2.07 bits per heavy atom. The molecule has 0 bridgehead atoms. The summed E-state index contributed by atoms with van der Waals surface area (Å²) >= 11 is 3.51. The molecule has 4 aliphatic rings. The van der Waals surface area contributed by atoms with Gasteiger partial charge in [-0.1, -0.05) is 29.3 Å². The molecule has 1 aromatic carbocycles. The van der Waals surface area contributed by atoms with Gasteiger partial charge in [0.15, 0.2) is 0 Å². The average molecular weight is 432 g/mol. The van der Waals surface area contributed by atoms with Gasteiger partial charge in [0, 0.05) is 28.3 Å². The number of rotatable bonds is 3. The molecule has 3 saturated heterocycles. The lowest BCUT2D eigenvalue weighted by Crippen LogP contribution is -2.54. The number of carbonyl (C=O) groups is 3. The first-order chi connectivity index (χ1) is 13.0. The molecule has 0 aromatic heterocycles. The van der Waals surface area contributed by atoms with Gasteiger partial charge in [0.2, 0.25) is 17.7 Å². The topological polar surface area (TPSA) is 69.7 Å². The minimum Gasteiger partial charge on any atom is -0.324 e. The van der Waals surface area contributed by atoms with Crippen molar-refractivity contribution in [2.75, 3.05) is 18.4 Å². The molecule has 0 unspecified atom stereocenters. The van der Waals surface area contributed by atoms with Crippen molar-refractivity contribution in [2.24, 2.45) is 11.8 Å². The third kappa shape index (κ3) is 2.02. The number of hydrogen-bond donors (Lipinski definition) is 1. The van der Waals surface area contributed by atoms with Crippen molar-refractivity contribution in [3.05, 3.63) is 28.2 Å². The van der Waals surface area contributed by atoms with E-state index in [1.165, 1.54) is 4.90 Å². The largest absolute Gasteiger partial charge is 0.324 e. The van der Waals surface area contributed by atoms with E-state index < -0.39 is 17.4 Å². The highest BCUT2D eigenvalue weighted by molar-refractivity contribution is 9.10. The summed E-state index contributed by atoms with van der Waals surface area (Å²) < 4.78 is 0.871. The van der Waals surface area contributed by atoms with Gasteiger partial charge in [0.1, 0.15) is 5.54 Å². The third-order valence-electron chi connectivity index (χ3n) is 6.78. The number of nitrogens with one attached hydrogen (secondary N) is 1. The fourth-order valence-electron chi connectivity index (χ4n) is 5.77. The van der Waals surface area contributed by atoms with Crippen molar-refractivity contribution in [1.29, 1.82) is 0 Å². The highest BCUT2D eigenvalue weighted by Crippen LogP contribution is 2.60. The molecule has 27 heavy (non-hydrogen) atoms. The molecule has 0 radical (unpaired) electrons. The predicted octanol–water partition coefficient (Wildman–Crippen LogP) is 2.48. The maximum absolute atomic E-state index is 13.4. The van der Waals surface area contributed by atoms with E-state index in [1.54, 1.807) is 0 Å². The van der Waals surface area contributed by atoms with Crippen molar-refractivity contribution in [2.45, 2.75) is 44.2 Å². The molecular weight excluding hydrogens is 410 g/mol. The SMILES string of the molecule is CCCCN1C(=O)[C@H]2[C@@H](C1=O)[C@@]1(C(=O)Nc3ccc(Br)cc31)N1CCC[C@@H]21. The minimum absolute atomic E-state index is 0.0336. The molecule has 0 aliphatic carbocycles. The zero-order chi connectivity index (χ0) is 18.9. The summed E-state index contributed by atoms with van der Waals surface area (Å²) in [4.78, 5) is 43.6. The number of hydrogen-bond acceptors (Lipinski definition) is 4. The Kier molecular flexibility index (Phi) is 3.78. The number of unbranched alkanes of at least 4 members (excludes halogenated alkanes) is 1. The number of amides is 3. The van der Waals surface area contributed by atoms with Crippen LogP contribution in [0.2, 0.25) is 0 Å². The first kappa shape index (κ1) is 17.4. The van der Waals surface area contributed by atoms with Crippen LogP contribution in [0.15, 0.2) is 22.7 Å². The van der Waals surface area contributed by atoms with Gasteiger partial charge in [-0.05, 0) is 44.0 Å². The predicted molar refractivity (Wildman–Crippen MR) is 103 cm³/mol. The van der Waals surface area contributed by atoms with Gasteiger partial charge in [0.05, 0.1) is 11.8 Å². The Morgan fingerprint density at radius 3 is 2.85 bits per heavy atom. The molecule has 4 aliphatic heterocycles. The van der Waals surface area contributed by atoms with Gasteiger partial charge in [0.25, 0.3) is 0 Å². The average Bonchev–Trinajstić information content (AvgIpc) is 3.33. The second-order valence-corrected chi connectivity index (χ2v) is 8.91. The minimum atomic E-state index is -1.06. The standard InChI is InChI=1S/C20H22BrN3O3/c1-2-3-8-23-17(25)15-14-5-4-9-24(14)20(16(15)18(23)26)12-10-11(21)6-7-13(12)22-19(20)27/h6-7,10,14-16H,2-5,8-9H2,1H3,(H,22,27)/t14-,15+,16-,20-/m0/s1. The first-order valence-electron chi connectivity index (χ1n) is 9.75. The number of likely N-dealkylation sites (tertiary alicyclic amines) is 1. The molecule has 1 N–H and O–H groups in total. The number of imide groups is 1. The van der Waals surface area contributed by atoms with E-state index >= 15 is 0 Å². The van der Waals surface area contributed by atoms with Crippen LogP contribution >= 0.6 is 15.9 Å². The molecule has 5 rings (SSSR count). The van der Waals surface area contributed by atoms with E-state index in [1.807, 2.05) is 25.1 Å². The van der Waals surface area contributed by atoms with E-state index in [4.69, 9.17) is 0 Å². The third-order valence-corrected chi connectivity index (χ3v) is 7.27. The van der Waals surface area contributed by atoms with Crippen LogP contribution in [0.5, 0.6) is 0 Å². The first-order valence-corrected chi connectivity index (χ1v) is 10.5. The highest BCUT2D eigenvalue weighted by atomic mass is 79.9. The zero-order valence-electron chi connectivity index (χ0n) is 15.2. The highest BCUT2D eigenvalue weighted by Gasteiger charge is 2.74. The maximum atomic E-state index is 13.4. The Labute approximate surface area is 166 Å². The fraction of sp³-hybridized carbons (Fsp3) is 0.550. The van der Waals surface area contributed by atoms with Gasteiger partial charge in [-0.2, -0.15) is 0 Å². The number of nitrogens with zero attached hydrogens (tertiary/aromatic N) is 2. The molecule has 1 spiro atoms. The van der Waals surface area contributed by atoms with Gasteiger partial charge in [-0.25, -0.2) is 0 Å². The summed E-state index contributed by atoms with van der Waals surface area (Å²) in [6.07, 6.45) is 3.53. The molecule has 4 atom stereocenters. The van der Waals surface area contributed by atoms with Crippen molar-refractivity contribution in [3.8, 4) is 0 Å². The second kappa shape index (κ2) is 5.88. The summed E-state index contributed by atoms with van der Waals surface area (Å²) in [5.74, 6) is -1.44. The van der Waals surface area contributed by atoms with E-state index in [9.17, 15) is 14.4 Å². The van der Waals surface area contributed by atoms with Gasteiger partial charge < -0.3 is 5.32 Å². The quantitative estimate of drug-likeness (QED) is 0.746. The Hall–Kier alpha value is -1.73. The normalized spacial score (nSPS) is 34.4. The molecule has 6 nitrogen and oxygen atoms in total. The maximum Gasteiger partial charge on any atom is 0.250 e. The number of halogens is 1. The van der Waals surface area contributed by atoms with E-state index in [-0.39, 0.29) is 23.8 Å². The molecule has 3 fully saturated rings. The Morgan fingerprint density at radius 1 is 1.26 bits per heavy atom. The lowest BCUT2D eigenvalue weighted by molar-refractivity contribution is -0.145. The molecule has 3 amide bonds. The number of benzene rings is 1. The number of carbonyl (C=O) groups excluding carboxylic acids is 3. The lowest BCUT2D eigenvalue weighted by atomic mass is 9.75. The van der Waals surface area contributed by atoms with E-state index in [0.29, 0.717) is 6.54 Å².